The normalized spacial score (nSPS) is 22.4. The molecule has 2 aromatic rings. The summed E-state index contributed by atoms with van der Waals surface area (Å²) in [5.74, 6) is -0.0954. The summed E-state index contributed by atoms with van der Waals surface area (Å²) in [4.78, 5) is 23.9. The van der Waals surface area contributed by atoms with Gasteiger partial charge in [0.05, 0.1) is 37.1 Å². The summed E-state index contributed by atoms with van der Waals surface area (Å²) in [5.41, 5.74) is 4.10. The van der Waals surface area contributed by atoms with Crippen molar-refractivity contribution in [1.82, 2.24) is 0 Å². The fourth-order valence-electron chi connectivity index (χ4n) is 4.18. The number of carbonyl (C=O) groups is 2. The van der Waals surface area contributed by atoms with E-state index in [9.17, 15) is 9.59 Å². The molecule has 2 aliphatic rings. The number of hydrogen-bond donors (Lipinski definition) is 1. The molecule has 0 radical (unpaired) electrons. The van der Waals surface area contributed by atoms with Gasteiger partial charge in [-0.2, -0.15) is 0 Å². The first-order chi connectivity index (χ1) is 13.1. The Morgan fingerprint density at radius 2 is 1.74 bits per heavy atom. The van der Waals surface area contributed by atoms with E-state index in [1.54, 1.807) is 18.2 Å². The predicted molar refractivity (Wildman–Crippen MR) is 102 cm³/mol. The number of para-hydroxylation sites is 1. The van der Waals surface area contributed by atoms with Crippen LogP contribution in [-0.2, 0) is 9.47 Å². The molecule has 1 N–H and O–H groups in total. The second kappa shape index (κ2) is 6.91. The van der Waals surface area contributed by atoms with E-state index in [0.717, 1.165) is 23.2 Å². The maximum absolute atomic E-state index is 12.2. The van der Waals surface area contributed by atoms with Crippen molar-refractivity contribution in [2.24, 2.45) is 5.92 Å². The van der Waals surface area contributed by atoms with Crippen molar-refractivity contribution < 1.29 is 19.1 Å². The van der Waals surface area contributed by atoms with Crippen LogP contribution >= 0.6 is 0 Å². The van der Waals surface area contributed by atoms with Gasteiger partial charge >= 0.3 is 11.9 Å². The highest BCUT2D eigenvalue weighted by Gasteiger charge is 2.39. The van der Waals surface area contributed by atoms with Gasteiger partial charge in [-0.15, -0.1) is 0 Å². The molecule has 1 aliphatic heterocycles. The van der Waals surface area contributed by atoms with Gasteiger partial charge in [0.2, 0.25) is 0 Å². The second-order valence-electron chi connectivity index (χ2n) is 6.85. The largest absolute Gasteiger partial charge is 0.465 e. The summed E-state index contributed by atoms with van der Waals surface area (Å²) in [7, 11) is 2.77. The third-order valence-electron chi connectivity index (χ3n) is 5.49. The van der Waals surface area contributed by atoms with E-state index in [1.807, 2.05) is 18.2 Å². The highest BCUT2D eigenvalue weighted by Crippen LogP contribution is 2.50. The van der Waals surface area contributed by atoms with Crippen LogP contribution in [0, 0.1) is 5.92 Å². The molecule has 1 aliphatic carbocycles. The topological polar surface area (TPSA) is 64.6 Å². The molecule has 2 aromatic carbocycles. The molecule has 0 saturated heterocycles. The monoisotopic (exact) mass is 363 g/mol. The first-order valence-electron chi connectivity index (χ1n) is 8.96. The Balaban J connectivity index is 1.74. The van der Waals surface area contributed by atoms with Crippen LogP contribution < -0.4 is 5.32 Å². The number of nitrogens with one attached hydrogen (secondary N) is 1. The Morgan fingerprint density at radius 3 is 2.44 bits per heavy atom. The number of hydrogen-bond acceptors (Lipinski definition) is 5. The first-order valence-corrected chi connectivity index (χ1v) is 8.96. The minimum Gasteiger partial charge on any atom is -0.465 e. The number of allylic oxidation sites excluding steroid dienone is 2. The van der Waals surface area contributed by atoms with E-state index < -0.39 is 0 Å². The van der Waals surface area contributed by atoms with Crippen LogP contribution in [0.4, 0.5) is 5.69 Å². The summed E-state index contributed by atoms with van der Waals surface area (Å²) < 4.78 is 9.74. The Morgan fingerprint density at radius 1 is 1.00 bits per heavy atom. The highest BCUT2D eigenvalue weighted by molar-refractivity contribution is 5.97. The minimum atomic E-state index is -0.350. The molecule has 0 unspecified atom stereocenters. The average Bonchev–Trinajstić information content (AvgIpc) is 3.22. The summed E-state index contributed by atoms with van der Waals surface area (Å²) in [6.45, 7) is 0. The molecular weight excluding hydrogens is 342 g/mol. The predicted octanol–water partition coefficient (Wildman–Crippen LogP) is 4.09. The molecule has 0 fully saturated rings. The van der Waals surface area contributed by atoms with E-state index in [4.69, 9.17) is 9.47 Å². The van der Waals surface area contributed by atoms with Crippen LogP contribution in [0.25, 0.3) is 0 Å². The smallest absolute Gasteiger partial charge is 0.339 e. The number of benzene rings is 2. The Labute approximate surface area is 158 Å². The average molecular weight is 363 g/mol. The summed E-state index contributed by atoms with van der Waals surface area (Å²) in [6, 6.07) is 13.3. The second-order valence-corrected chi connectivity index (χ2v) is 6.85. The third kappa shape index (κ3) is 2.89. The zero-order valence-corrected chi connectivity index (χ0v) is 15.3. The van der Waals surface area contributed by atoms with Gasteiger partial charge in [0.15, 0.2) is 0 Å². The lowest BCUT2D eigenvalue weighted by atomic mass is 9.76. The SMILES string of the molecule is COC(=O)c1ccc([C@@H]2Nc3c(C(=O)OC)cccc3[C@H]3C=CC[C@H]32)cc1. The molecule has 4 rings (SSSR count). The van der Waals surface area contributed by atoms with Crippen LogP contribution in [0.5, 0.6) is 0 Å². The quantitative estimate of drug-likeness (QED) is 0.657. The lowest BCUT2D eigenvalue weighted by Crippen LogP contribution is -2.30. The molecule has 1 heterocycles. The first kappa shape index (κ1) is 17.3. The Kier molecular flexibility index (Phi) is 4.44. The van der Waals surface area contributed by atoms with Crippen LogP contribution in [0.1, 0.15) is 50.2 Å². The number of esters is 2. The molecule has 0 saturated carbocycles. The maximum Gasteiger partial charge on any atom is 0.339 e. The van der Waals surface area contributed by atoms with Crippen molar-refractivity contribution >= 4 is 17.6 Å². The van der Waals surface area contributed by atoms with Crippen LogP contribution in [-0.4, -0.2) is 26.2 Å². The van der Waals surface area contributed by atoms with Crippen LogP contribution in [0.3, 0.4) is 0 Å². The van der Waals surface area contributed by atoms with E-state index in [1.165, 1.54) is 14.2 Å². The number of fused-ring (bicyclic) bond motifs is 3. The summed E-state index contributed by atoms with van der Waals surface area (Å²) >= 11 is 0. The molecule has 27 heavy (non-hydrogen) atoms. The van der Waals surface area contributed by atoms with Crippen LogP contribution in [0.2, 0.25) is 0 Å². The molecule has 5 nitrogen and oxygen atoms in total. The van der Waals surface area contributed by atoms with Crippen molar-refractivity contribution in [2.75, 3.05) is 19.5 Å². The van der Waals surface area contributed by atoms with Gasteiger partial charge in [-0.1, -0.05) is 36.4 Å². The molecule has 3 atom stereocenters. The molecule has 5 heteroatoms. The van der Waals surface area contributed by atoms with Gasteiger partial charge in [-0.05, 0) is 41.7 Å². The van der Waals surface area contributed by atoms with Gasteiger partial charge in [0, 0.05) is 5.92 Å². The Bertz CT molecular complexity index is 916. The van der Waals surface area contributed by atoms with E-state index in [-0.39, 0.29) is 23.9 Å². The molecular formula is C22H21NO4. The molecule has 0 amide bonds. The lowest BCUT2D eigenvalue weighted by Gasteiger charge is -2.38. The summed E-state index contributed by atoms with van der Waals surface area (Å²) in [6.07, 6.45) is 5.39. The van der Waals surface area contributed by atoms with Crippen molar-refractivity contribution in [3.8, 4) is 0 Å². The van der Waals surface area contributed by atoms with Crippen molar-refractivity contribution in [1.29, 1.82) is 0 Å². The third-order valence-corrected chi connectivity index (χ3v) is 5.49. The fraction of sp³-hybridized carbons (Fsp3) is 0.273. The molecule has 0 bridgehead atoms. The fourth-order valence-corrected chi connectivity index (χ4v) is 4.18. The Hall–Kier alpha value is -3.08. The van der Waals surface area contributed by atoms with E-state index >= 15 is 0 Å². The van der Waals surface area contributed by atoms with E-state index in [0.29, 0.717) is 17.0 Å². The minimum absolute atomic E-state index is 0.0370. The number of anilines is 1. The van der Waals surface area contributed by atoms with Gasteiger partial charge in [-0.25, -0.2) is 9.59 Å². The number of ether oxygens (including phenoxy) is 2. The molecule has 0 spiro atoms. The van der Waals surface area contributed by atoms with E-state index in [2.05, 4.69) is 23.5 Å². The van der Waals surface area contributed by atoms with Crippen molar-refractivity contribution in [2.45, 2.75) is 18.4 Å². The van der Waals surface area contributed by atoms with Gasteiger partial charge in [0.1, 0.15) is 0 Å². The number of rotatable bonds is 3. The zero-order chi connectivity index (χ0) is 19.0. The number of carbonyl (C=O) groups excluding carboxylic acids is 2. The van der Waals surface area contributed by atoms with Gasteiger partial charge in [0.25, 0.3) is 0 Å². The lowest BCUT2D eigenvalue weighted by molar-refractivity contribution is 0.0592. The zero-order valence-electron chi connectivity index (χ0n) is 15.3. The van der Waals surface area contributed by atoms with Gasteiger partial charge in [-0.3, -0.25) is 0 Å². The van der Waals surface area contributed by atoms with Crippen molar-refractivity contribution in [3.63, 3.8) is 0 Å². The number of methoxy groups -OCH3 is 2. The van der Waals surface area contributed by atoms with Crippen molar-refractivity contribution in [3.05, 3.63) is 76.9 Å². The molecule has 138 valence electrons. The van der Waals surface area contributed by atoms with Gasteiger partial charge < -0.3 is 14.8 Å². The highest BCUT2D eigenvalue weighted by atomic mass is 16.5. The van der Waals surface area contributed by atoms with Crippen LogP contribution in [0.15, 0.2) is 54.6 Å². The summed E-state index contributed by atoms with van der Waals surface area (Å²) in [5, 5.41) is 3.57. The molecule has 0 aromatic heterocycles. The maximum atomic E-state index is 12.2. The standard InChI is InChI=1S/C22H21NO4/c1-26-21(24)14-11-9-13(10-12-14)19-16-6-3-5-15(16)17-7-4-8-18(20(17)23-19)22(25)27-2/h3-5,7-12,15-16,19,23H,6H2,1-2H3/t15-,16+,19-/m0/s1.